The van der Waals surface area contributed by atoms with E-state index in [1.807, 2.05) is 31.4 Å². The van der Waals surface area contributed by atoms with Crippen LogP contribution in [0.15, 0.2) is 30.6 Å². The molecule has 0 spiro atoms. The molecule has 0 amide bonds. The Balaban J connectivity index is 1.89. The molecule has 0 radical (unpaired) electrons. The lowest BCUT2D eigenvalue weighted by Gasteiger charge is -2.07. The number of nitrogens with one attached hydrogen (secondary N) is 1. The zero-order valence-corrected chi connectivity index (χ0v) is 10.1. The molecule has 0 unspecified atom stereocenters. The van der Waals surface area contributed by atoms with Crippen LogP contribution in [0, 0.1) is 0 Å². The Morgan fingerprint density at radius 3 is 2.94 bits per heavy atom. The highest BCUT2D eigenvalue weighted by atomic mass is 16.5. The number of ether oxygens (including phenoxy) is 1. The molecule has 1 N–H and O–H groups in total. The average molecular weight is 232 g/mol. The third-order valence-electron chi connectivity index (χ3n) is 2.43. The van der Waals surface area contributed by atoms with Gasteiger partial charge < -0.3 is 10.1 Å². The molecule has 0 atom stereocenters. The third-order valence-corrected chi connectivity index (χ3v) is 2.43. The van der Waals surface area contributed by atoms with Crippen molar-refractivity contribution in [3.8, 4) is 5.88 Å². The average Bonchev–Trinajstić information content (AvgIpc) is 2.76. The van der Waals surface area contributed by atoms with Gasteiger partial charge in [-0.1, -0.05) is 6.07 Å². The van der Waals surface area contributed by atoms with Gasteiger partial charge in [-0.05, 0) is 12.1 Å². The van der Waals surface area contributed by atoms with E-state index in [1.54, 1.807) is 18.0 Å². The summed E-state index contributed by atoms with van der Waals surface area (Å²) in [5, 5.41) is 7.60. The number of nitrogens with zero attached hydrogens (tertiary/aromatic N) is 3. The maximum atomic E-state index is 5.18. The van der Waals surface area contributed by atoms with Crippen molar-refractivity contribution in [2.45, 2.75) is 13.1 Å². The highest BCUT2D eigenvalue weighted by Gasteiger charge is 2.03. The minimum absolute atomic E-state index is 0.668. The summed E-state index contributed by atoms with van der Waals surface area (Å²) in [5.74, 6) is 0.668. The standard InChI is InChI=1S/C12H16N4O/c1-16-7-5-11(15-16)9-13-8-10-4-3-6-14-12(10)17-2/h3-7,13H,8-9H2,1-2H3. The summed E-state index contributed by atoms with van der Waals surface area (Å²) in [6.07, 6.45) is 3.66. The lowest BCUT2D eigenvalue weighted by atomic mass is 10.2. The summed E-state index contributed by atoms with van der Waals surface area (Å²) in [6, 6.07) is 5.89. The fourth-order valence-electron chi connectivity index (χ4n) is 1.63. The molecule has 0 aromatic carbocycles. The van der Waals surface area contributed by atoms with Gasteiger partial charge in [0.15, 0.2) is 0 Å². The van der Waals surface area contributed by atoms with Crippen LogP contribution in [0.4, 0.5) is 0 Å². The second-order valence-electron chi connectivity index (χ2n) is 3.76. The van der Waals surface area contributed by atoms with E-state index in [1.165, 1.54) is 0 Å². The fourth-order valence-corrected chi connectivity index (χ4v) is 1.63. The molecule has 0 bridgehead atoms. The molecule has 2 rings (SSSR count). The second-order valence-corrected chi connectivity index (χ2v) is 3.76. The first-order valence-corrected chi connectivity index (χ1v) is 5.46. The van der Waals surface area contributed by atoms with E-state index in [0.717, 1.165) is 17.8 Å². The maximum Gasteiger partial charge on any atom is 0.217 e. The lowest BCUT2D eigenvalue weighted by molar-refractivity contribution is 0.390. The molecule has 0 saturated carbocycles. The van der Waals surface area contributed by atoms with E-state index in [9.17, 15) is 0 Å². The van der Waals surface area contributed by atoms with Crippen molar-refractivity contribution < 1.29 is 4.74 Å². The van der Waals surface area contributed by atoms with Gasteiger partial charge in [0.1, 0.15) is 0 Å². The van der Waals surface area contributed by atoms with E-state index in [0.29, 0.717) is 12.4 Å². The number of hydrogen-bond acceptors (Lipinski definition) is 4. The van der Waals surface area contributed by atoms with Crippen molar-refractivity contribution in [1.82, 2.24) is 20.1 Å². The Hall–Kier alpha value is -1.88. The number of hydrogen-bond donors (Lipinski definition) is 1. The Morgan fingerprint density at radius 2 is 2.24 bits per heavy atom. The first-order valence-electron chi connectivity index (χ1n) is 5.46. The number of pyridine rings is 1. The molecule has 0 aliphatic rings. The molecule has 5 nitrogen and oxygen atoms in total. The summed E-state index contributed by atoms with van der Waals surface area (Å²) in [7, 11) is 3.54. The van der Waals surface area contributed by atoms with E-state index in [2.05, 4.69) is 15.4 Å². The van der Waals surface area contributed by atoms with E-state index in [4.69, 9.17) is 4.74 Å². The molecule has 0 aliphatic heterocycles. The van der Waals surface area contributed by atoms with Crippen LogP contribution in [0.2, 0.25) is 0 Å². The predicted octanol–water partition coefficient (Wildman–Crippen LogP) is 1.11. The molecule has 0 aliphatic carbocycles. The molecule has 0 fully saturated rings. The van der Waals surface area contributed by atoms with Gasteiger partial charge in [-0.25, -0.2) is 4.98 Å². The fraction of sp³-hybridized carbons (Fsp3) is 0.333. The van der Waals surface area contributed by atoms with Crippen LogP contribution in [-0.2, 0) is 20.1 Å². The third kappa shape index (κ3) is 3.04. The van der Waals surface area contributed by atoms with Crippen molar-refractivity contribution in [3.63, 3.8) is 0 Å². The van der Waals surface area contributed by atoms with Crippen molar-refractivity contribution in [1.29, 1.82) is 0 Å². The second kappa shape index (κ2) is 5.45. The van der Waals surface area contributed by atoms with Crippen molar-refractivity contribution in [3.05, 3.63) is 41.9 Å². The van der Waals surface area contributed by atoms with Crippen LogP contribution in [-0.4, -0.2) is 21.9 Å². The number of aromatic nitrogens is 3. The molecule has 90 valence electrons. The highest BCUT2D eigenvalue weighted by molar-refractivity contribution is 5.25. The number of aryl methyl sites for hydroxylation is 1. The van der Waals surface area contributed by atoms with Gasteiger partial charge in [0.05, 0.1) is 12.8 Å². The van der Waals surface area contributed by atoms with Crippen LogP contribution >= 0.6 is 0 Å². The SMILES string of the molecule is COc1ncccc1CNCc1ccn(C)n1. The minimum Gasteiger partial charge on any atom is -0.481 e. The first kappa shape index (κ1) is 11.6. The molecular formula is C12H16N4O. The number of methoxy groups -OCH3 is 1. The summed E-state index contributed by atoms with van der Waals surface area (Å²) < 4.78 is 6.97. The lowest BCUT2D eigenvalue weighted by Crippen LogP contribution is -2.14. The van der Waals surface area contributed by atoms with Gasteiger partial charge in [-0.3, -0.25) is 4.68 Å². The molecule has 2 aromatic heterocycles. The van der Waals surface area contributed by atoms with E-state index < -0.39 is 0 Å². The van der Waals surface area contributed by atoms with E-state index >= 15 is 0 Å². The Bertz CT molecular complexity index is 481. The van der Waals surface area contributed by atoms with E-state index in [-0.39, 0.29) is 0 Å². The van der Waals surface area contributed by atoms with Gasteiger partial charge in [0.2, 0.25) is 5.88 Å². The van der Waals surface area contributed by atoms with Gasteiger partial charge in [0.25, 0.3) is 0 Å². The van der Waals surface area contributed by atoms with Crippen molar-refractivity contribution >= 4 is 0 Å². The van der Waals surface area contributed by atoms with Crippen LogP contribution in [0.3, 0.4) is 0 Å². The van der Waals surface area contributed by atoms with Gasteiger partial charge in [-0.2, -0.15) is 5.10 Å². The van der Waals surface area contributed by atoms with Gasteiger partial charge in [0, 0.05) is 38.1 Å². The van der Waals surface area contributed by atoms with Crippen LogP contribution in [0.5, 0.6) is 5.88 Å². The molecular weight excluding hydrogens is 216 g/mol. The maximum absolute atomic E-state index is 5.18. The summed E-state index contributed by atoms with van der Waals surface area (Å²) in [5.41, 5.74) is 2.07. The molecule has 5 heteroatoms. The normalized spacial score (nSPS) is 10.5. The zero-order valence-electron chi connectivity index (χ0n) is 10.1. The van der Waals surface area contributed by atoms with Crippen molar-refractivity contribution in [2.24, 2.45) is 7.05 Å². The summed E-state index contributed by atoms with van der Waals surface area (Å²) in [6.45, 7) is 1.45. The quantitative estimate of drug-likeness (QED) is 0.839. The largest absolute Gasteiger partial charge is 0.481 e. The molecule has 17 heavy (non-hydrogen) atoms. The van der Waals surface area contributed by atoms with Gasteiger partial charge >= 0.3 is 0 Å². The van der Waals surface area contributed by atoms with Crippen molar-refractivity contribution in [2.75, 3.05) is 7.11 Å². The Kier molecular flexibility index (Phi) is 3.72. The topological polar surface area (TPSA) is 52.0 Å². The first-order chi connectivity index (χ1) is 8.29. The monoisotopic (exact) mass is 232 g/mol. The van der Waals surface area contributed by atoms with Crippen LogP contribution < -0.4 is 10.1 Å². The van der Waals surface area contributed by atoms with Gasteiger partial charge in [-0.15, -0.1) is 0 Å². The van der Waals surface area contributed by atoms with Crippen LogP contribution in [0.1, 0.15) is 11.3 Å². The van der Waals surface area contributed by atoms with Crippen LogP contribution in [0.25, 0.3) is 0 Å². The minimum atomic E-state index is 0.668. The molecule has 2 aromatic rings. The molecule has 2 heterocycles. The predicted molar refractivity (Wildman–Crippen MR) is 64.5 cm³/mol. The number of rotatable bonds is 5. The zero-order chi connectivity index (χ0) is 12.1. The summed E-state index contributed by atoms with van der Waals surface area (Å²) in [4.78, 5) is 4.14. The Labute approximate surface area is 100 Å². The Morgan fingerprint density at radius 1 is 1.35 bits per heavy atom. The summed E-state index contributed by atoms with van der Waals surface area (Å²) >= 11 is 0. The molecule has 0 saturated heterocycles. The smallest absolute Gasteiger partial charge is 0.217 e. The highest BCUT2D eigenvalue weighted by Crippen LogP contribution is 2.12.